The molecule has 4 aliphatic rings. The molecule has 4 aliphatic carbocycles. The summed E-state index contributed by atoms with van der Waals surface area (Å²) in [5.41, 5.74) is 4.67. The van der Waals surface area contributed by atoms with Crippen LogP contribution in [0.4, 0.5) is 22.0 Å². The van der Waals surface area contributed by atoms with Crippen molar-refractivity contribution in [2.45, 2.75) is 74.8 Å². The molecule has 0 N–H and O–H groups in total. The minimum atomic E-state index is -5.63. The van der Waals surface area contributed by atoms with Crippen molar-refractivity contribution in [2.75, 3.05) is 0 Å². The van der Waals surface area contributed by atoms with Gasteiger partial charge in [0.05, 0.1) is 0 Å². The van der Waals surface area contributed by atoms with E-state index in [9.17, 15) is 18.0 Å². The van der Waals surface area contributed by atoms with Gasteiger partial charge in [0.25, 0.3) is 0 Å². The third-order valence-corrected chi connectivity index (χ3v) is 10.3. The van der Waals surface area contributed by atoms with Crippen molar-refractivity contribution in [1.82, 2.24) is 0 Å². The van der Waals surface area contributed by atoms with Crippen LogP contribution in [0.25, 0.3) is 11.1 Å². The number of thiol groups is 1. The summed E-state index contributed by atoms with van der Waals surface area (Å²) in [6.45, 7) is 2.07. The van der Waals surface area contributed by atoms with E-state index in [0.717, 1.165) is 52.0 Å². The monoisotopic (exact) mass is 558 g/mol. The molecule has 0 saturated heterocycles. The molecule has 2 aromatic carbocycles. The van der Waals surface area contributed by atoms with Crippen molar-refractivity contribution in [3.05, 3.63) is 76.9 Å². The number of carbonyl (C=O) groups is 1. The Hall–Kier alpha value is -2.41. The molecule has 0 aromatic heterocycles. The molecule has 0 amide bonds. The third-order valence-electron chi connectivity index (χ3n) is 9.97. The molecule has 2 aromatic rings. The molecule has 2 fully saturated rings. The molecule has 7 heteroatoms. The Kier molecular flexibility index (Phi) is 6.40. The van der Waals surface area contributed by atoms with Gasteiger partial charge in [-0.2, -0.15) is 22.0 Å². The fourth-order valence-corrected chi connectivity index (χ4v) is 8.23. The first kappa shape index (κ1) is 26.8. The predicted octanol–water partition coefficient (Wildman–Crippen LogP) is 9.36. The molecule has 0 heterocycles. The smallest absolute Gasteiger partial charge is 0.295 e. The third kappa shape index (κ3) is 4.39. The Morgan fingerprint density at radius 2 is 1.54 bits per heavy atom. The summed E-state index contributed by atoms with van der Waals surface area (Å²) in [4.78, 5) is 13.7. The van der Waals surface area contributed by atoms with Crippen molar-refractivity contribution < 1.29 is 26.7 Å². The number of benzene rings is 2. The molecule has 0 radical (unpaired) electrons. The van der Waals surface area contributed by atoms with Gasteiger partial charge in [0.2, 0.25) is 0 Å². The van der Waals surface area contributed by atoms with E-state index in [1.807, 2.05) is 48.5 Å². The van der Waals surface area contributed by atoms with Crippen LogP contribution in [0.2, 0.25) is 0 Å². The second-order valence-electron chi connectivity index (χ2n) is 12.1. The molecule has 39 heavy (non-hydrogen) atoms. The van der Waals surface area contributed by atoms with Crippen LogP contribution in [0, 0.1) is 23.2 Å². The van der Waals surface area contributed by atoms with Gasteiger partial charge in [0.15, 0.2) is 5.78 Å². The van der Waals surface area contributed by atoms with Crippen LogP contribution in [-0.2, 0) is 4.79 Å². The number of rotatable bonds is 3. The van der Waals surface area contributed by atoms with Crippen molar-refractivity contribution in [2.24, 2.45) is 23.2 Å². The van der Waals surface area contributed by atoms with Gasteiger partial charge in [-0.3, -0.25) is 4.79 Å². The lowest BCUT2D eigenvalue weighted by molar-refractivity contribution is -0.310. The van der Waals surface area contributed by atoms with Crippen LogP contribution >= 0.6 is 12.6 Å². The summed E-state index contributed by atoms with van der Waals surface area (Å²) in [7, 11) is 0. The van der Waals surface area contributed by atoms with Crippen LogP contribution in [0.15, 0.2) is 76.2 Å². The van der Waals surface area contributed by atoms with Crippen molar-refractivity contribution in [3.8, 4) is 11.1 Å². The SMILES string of the molecule is C[C@@]12CCC[C@H]1[C@H]1C(=C3C(=CC(=O)CC3c3ccc(-c4ccc(S)cc4)cc3)CC1C(F)(F)C(F)(F)F)CC2. The first-order chi connectivity index (χ1) is 18.4. The van der Waals surface area contributed by atoms with Crippen LogP contribution in [0.3, 0.4) is 0 Å². The largest absolute Gasteiger partial charge is 0.453 e. The van der Waals surface area contributed by atoms with Crippen molar-refractivity contribution >= 4 is 18.4 Å². The summed E-state index contributed by atoms with van der Waals surface area (Å²) in [6, 6.07) is 15.6. The highest BCUT2D eigenvalue weighted by Crippen LogP contribution is 2.65. The molecule has 206 valence electrons. The quantitative estimate of drug-likeness (QED) is 0.293. The number of carbonyl (C=O) groups excluding carboxylic acids is 1. The zero-order valence-electron chi connectivity index (χ0n) is 21.7. The van der Waals surface area contributed by atoms with E-state index < -0.39 is 30.4 Å². The number of hydrogen-bond donors (Lipinski definition) is 1. The second-order valence-corrected chi connectivity index (χ2v) is 12.6. The van der Waals surface area contributed by atoms with Gasteiger partial charge < -0.3 is 0 Å². The molecular weight excluding hydrogens is 527 g/mol. The molecule has 1 nitrogen and oxygen atoms in total. The fraction of sp³-hybridized carbons (Fsp3) is 0.469. The molecule has 0 bridgehead atoms. The van der Waals surface area contributed by atoms with Gasteiger partial charge in [0, 0.05) is 23.2 Å². The molecule has 5 atom stereocenters. The minimum absolute atomic E-state index is 0.199. The van der Waals surface area contributed by atoms with E-state index in [0.29, 0.717) is 18.4 Å². The molecule has 0 aliphatic heterocycles. The van der Waals surface area contributed by atoms with Gasteiger partial charge in [-0.05, 0) is 95.4 Å². The van der Waals surface area contributed by atoms with E-state index in [2.05, 4.69) is 19.6 Å². The summed E-state index contributed by atoms with van der Waals surface area (Å²) < 4.78 is 71.8. The Bertz CT molecular complexity index is 1350. The second kappa shape index (κ2) is 9.32. The standard InChI is InChI=1S/C32H31F5OS/c1-30-13-2-3-26(30)29-24(12-14-30)28-21(16-27(29)31(33,34)32(35,36)37)15-22(38)17-25(28)20-6-4-18(5-7-20)19-8-10-23(39)11-9-19/h4-11,15,25-27,29,39H,2-3,12-14,16-17H2,1H3/t25?,26-,27?,29+,30-/m0/s1. The first-order valence-corrected chi connectivity index (χ1v) is 14.1. The Morgan fingerprint density at radius 3 is 2.18 bits per heavy atom. The van der Waals surface area contributed by atoms with Crippen molar-refractivity contribution in [1.29, 1.82) is 0 Å². The average Bonchev–Trinajstić information content (AvgIpc) is 3.29. The van der Waals surface area contributed by atoms with Crippen LogP contribution in [-0.4, -0.2) is 17.9 Å². The highest BCUT2D eigenvalue weighted by atomic mass is 32.1. The number of hydrogen-bond acceptors (Lipinski definition) is 2. The van der Waals surface area contributed by atoms with E-state index >= 15 is 8.78 Å². The summed E-state index contributed by atoms with van der Waals surface area (Å²) >= 11 is 4.34. The Morgan fingerprint density at radius 1 is 0.897 bits per heavy atom. The number of ketones is 1. The summed E-state index contributed by atoms with van der Waals surface area (Å²) in [5, 5.41) is 0. The van der Waals surface area contributed by atoms with E-state index in [4.69, 9.17) is 0 Å². The maximum atomic E-state index is 15.2. The van der Waals surface area contributed by atoms with Gasteiger partial charge >= 0.3 is 12.1 Å². The lowest BCUT2D eigenvalue weighted by atomic mass is 9.52. The topological polar surface area (TPSA) is 17.1 Å². The van der Waals surface area contributed by atoms with Crippen LogP contribution in [0.5, 0.6) is 0 Å². The molecular formula is C32H31F5OS. The molecule has 0 spiro atoms. The number of allylic oxidation sites excluding steroid dienone is 4. The molecule has 6 rings (SSSR count). The van der Waals surface area contributed by atoms with Gasteiger partial charge in [-0.1, -0.05) is 55.3 Å². The lowest BCUT2D eigenvalue weighted by Crippen LogP contribution is -2.53. The van der Waals surface area contributed by atoms with Crippen LogP contribution in [0.1, 0.15) is 63.4 Å². The zero-order chi connectivity index (χ0) is 27.7. The van der Waals surface area contributed by atoms with E-state index in [-0.39, 0.29) is 29.5 Å². The highest BCUT2D eigenvalue weighted by molar-refractivity contribution is 7.80. The number of fused-ring (bicyclic) bond motifs is 4. The normalized spacial score (nSPS) is 30.9. The molecule has 2 unspecified atom stereocenters. The van der Waals surface area contributed by atoms with Gasteiger partial charge in [-0.15, -0.1) is 12.6 Å². The maximum absolute atomic E-state index is 15.2. The predicted molar refractivity (Wildman–Crippen MR) is 144 cm³/mol. The van der Waals surface area contributed by atoms with E-state index in [1.165, 1.54) is 6.08 Å². The molecule has 2 saturated carbocycles. The average molecular weight is 559 g/mol. The Balaban J connectivity index is 1.46. The lowest BCUT2D eigenvalue weighted by Gasteiger charge is -2.52. The minimum Gasteiger partial charge on any atom is -0.295 e. The zero-order valence-corrected chi connectivity index (χ0v) is 22.6. The van der Waals surface area contributed by atoms with Crippen LogP contribution < -0.4 is 0 Å². The van der Waals surface area contributed by atoms with Crippen molar-refractivity contribution in [3.63, 3.8) is 0 Å². The summed E-state index contributed by atoms with van der Waals surface area (Å²) in [6.07, 6.45) is -0.823. The number of alkyl halides is 5. The van der Waals surface area contributed by atoms with Gasteiger partial charge in [-0.25, -0.2) is 0 Å². The van der Waals surface area contributed by atoms with E-state index in [1.54, 1.807) is 0 Å². The van der Waals surface area contributed by atoms with Gasteiger partial charge in [0.1, 0.15) is 0 Å². The highest BCUT2D eigenvalue weighted by Gasteiger charge is 2.67. The fourth-order valence-electron chi connectivity index (χ4n) is 8.08. The maximum Gasteiger partial charge on any atom is 0.453 e. The first-order valence-electron chi connectivity index (χ1n) is 13.7. The Labute approximate surface area is 231 Å². The summed E-state index contributed by atoms with van der Waals surface area (Å²) in [5.74, 6) is -8.30. The number of halogens is 5.